The van der Waals surface area contributed by atoms with Crippen LogP contribution in [-0.4, -0.2) is 35.9 Å². The lowest BCUT2D eigenvalue weighted by molar-refractivity contribution is -0.134. The van der Waals surface area contributed by atoms with Crippen LogP contribution in [0.5, 0.6) is 5.75 Å². The van der Waals surface area contributed by atoms with Crippen molar-refractivity contribution in [2.45, 2.75) is 31.8 Å². The SMILES string of the molecule is O=C(Nc1ccc(Cl)cc1)c1cccc(OC2CCN(C(=O)C3CC3)CC2)c1. The first-order chi connectivity index (χ1) is 13.6. The molecule has 2 aromatic rings. The molecule has 0 spiro atoms. The number of benzene rings is 2. The molecule has 1 saturated heterocycles. The first-order valence-corrected chi connectivity index (χ1v) is 10.1. The Balaban J connectivity index is 1.33. The van der Waals surface area contributed by atoms with Crippen LogP contribution in [0.15, 0.2) is 48.5 Å². The lowest BCUT2D eigenvalue weighted by Gasteiger charge is -2.32. The molecule has 0 aromatic heterocycles. The van der Waals surface area contributed by atoms with Crippen LogP contribution in [0.1, 0.15) is 36.0 Å². The molecule has 28 heavy (non-hydrogen) atoms. The van der Waals surface area contributed by atoms with Gasteiger partial charge in [-0.2, -0.15) is 0 Å². The minimum atomic E-state index is -0.197. The Morgan fingerprint density at radius 2 is 1.71 bits per heavy atom. The van der Waals surface area contributed by atoms with Gasteiger partial charge >= 0.3 is 0 Å². The second kappa shape index (κ2) is 8.23. The van der Waals surface area contributed by atoms with Gasteiger partial charge in [0, 0.05) is 48.1 Å². The smallest absolute Gasteiger partial charge is 0.255 e. The van der Waals surface area contributed by atoms with Gasteiger partial charge in [-0.25, -0.2) is 0 Å². The van der Waals surface area contributed by atoms with Gasteiger partial charge < -0.3 is 15.0 Å². The van der Waals surface area contributed by atoms with E-state index >= 15 is 0 Å². The summed E-state index contributed by atoms with van der Waals surface area (Å²) in [4.78, 5) is 26.6. The van der Waals surface area contributed by atoms with E-state index in [9.17, 15) is 9.59 Å². The third-order valence-electron chi connectivity index (χ3n) is 5.18. The van der Waals surface area contributed by atoms with E-state index in [1.165, 1.54) is 0 Å². The summed E-state index contributed by atoms with van der Waals surface area (Å²) in [5.74, 6) is 1.06. The van der Waals surface area contributed by atoms with Crippen molar-refractivity contribution in [2.24, 2.45) is 5.92 Å². The third-order valence-corrected chi connectivity index (χ3v) is 5.43. The van der Waals surface area contributed by atoms with Crippen molar-refractivity contribution in [1.29, 1.82) is 0 Å². The van der Waals surface area contributed by atoms with Gasteiger partial charge in [0.15, 0.2) is 0 Å². The molecule has 1 aliphatic carbocycles. The zero-order valence-electron chi connectivity index (χ0n) is 15.6. The quantitative estimate of drug-likeness (QED) is 0.813. The van der Waals surface area contributed by atoms with Crippen molar-refractivity contribution in [1.82, 2.24) is 4.90 Å². The number of likely N-dealkylation sites (tertiary alicyclic amines) is 1. The molecule has 2 aliphatic rings. The number of hydrogen-bond acceptors (Lipinski definition) is 3. The number of halogens is 1. The standard InChI is InChI=1S/C22H23ClN2O3/c23-17-6-8-18(9-7-17)24-21(26)16-2-1-3-20(14-16)28-19-10-12-25(13-11-19)22(27)15-4-5-15/h1-3,6-9,14-15,19H,4-5,10-13H2,(H,24,26). The normalized spacial score (nSPS) is 17.2. The number of carbonyl (C=O) groups excluding carboxylic acids is 2. The highest BCUT2D eigenvalue weighted by atomic mass is 35.5. The highest BCUT2D eigenvalue weighted by Gasteiger charge is 2.35. The van der Waals surface area contributed by atoms with Crippen molar-refractivity contribution in [3.05, 3.63) is 59.1 Å². The van der Waals surface area contributed by atoms with Gasteiger partial charge in [-0.05, 0) is 55.3 Å². The molecule has 0 atom stereocenters. The average molecular weight is 399 g/mol. The molecule has 2 fully saturated rings. The molecule has 1 N–H and O–H groups in total. The fourth-order valence-corrected chi connectivity index (χ4v) is 3.55. The zero-order chi connectivity index (χ0) is 19.5. The van der Waals surface area contributed by atoms with Crippen molar-refractivity contribution in [2.75, 3.05) is 18.4 Å². The molecule has 6 heteroatoms. The Hall–Kier alpha value is -2.53. The van der Waals surface area contributed by atoms with Gasteiger partial charge in [0.1, 0.15) is 11.9 Å². The fourth-order valence-electron chi connectivity index (χ4n) is 3.42. The highest BCUT2D eigenvalue weighted by molar-refractivity contribution is 6.30. The van der Waals surface area contributed by atoms with Gasteiger partial charge in [-0.15, -0.1) is 0 Å². The first-order valence-electron chi connectivity index (χ1n) is 9.71. The minimum absolute atomic E-state index is 0.0674. The summed E-state index contributed by atoms with van der Waals surface area (Å²) >= 11 is 5.87. The van der Waals surface area contributed by atoms with E-state index in [-0.39, 0.29) is 17.9 Å². The van der Waals surface area contributed by atoms with E-state index < -0.39 is 0 Å². The lowest BCUT2D eigenvalue weighted by Crippen LogP contribution is -2.42. The summed E-state index contributed by atoms with van der Waals surface area (Å²) in [6, 6.07) is 14.2. The maximum Gasteiger partial charge on any atom is 0.255 e. The second-order valence-electron chi connectivity index (χ2n) is 7.41. The summed E-state index contributed by atoms with van der Waals surface area (Å²) < 4.78 is 6.08. The second-order valence-corrected chi connectivity index (χ2v) is 7.84. The molecule has 2 aromatic carbocycles. The predicted molar refractivity (Wildman–Crippen MR) is 109 cm³/mol. The van der Waals surface area contributed by atoms with Crippen LogP contribution >= 0.6 is 11.6 Å². The summed E-state index contributed by atoms with van der Waals surface area (Å²) in [5, 5.41) is 3.48. The molecule has 0 unspecified atom stereocenters. The van der Waals surface area contributed by atoms with Crippen LogP contribution in [-0.2, 0) is 4.79 Å². The van der Waals surface area contributed by atoms with E-state index in [0.29, 0.717) is 27.9 Å². The Bertz CT molecular complexity index is 856. The molecular formula is C22H23ClN2O3. The van der Waals surface area contributed by atoms with Gasteiger partial charge in [0.05, 0.1) is 0 Å². The van der Waals surface area contributed by atoms with Crippen LogP contribution < -0.4 is 10.1 Å². The van der Waals surface area contributed by atoms with Gasteiger partial charge in [-0.1, -0.05) is 17.7 Å². The average Bonchev–Trinajstić information content (AvgIpc) is 3.55. The van der Waals surface area contributed by atoms with Crippen molar-refractivity contribution >= 4 is 29.1 Å². The molecule has 2 amide bonds. The van der Waals surface area contributed by atoms with E-state index in [2.05, 4.69) is 5.32 Å². The molecule has 0 bridgehead atoms. The number of amides is 2. The number of carbonyl (C=O) groups is 2. The summed E-state index contributed by atoms with van der Waals surface area (Å²) in [6.07, 6.45) is 3.79. The lowest BCUT2D eigenvalue weighted by atomic mass is 10.1. The van der Waals surface area contributed by atoms with E-state index in [4.69, 9.17) is 16.3 Å². The van der Waals surface area contributed by atoms with E-state index in [1.54, 1.807) is 36.4 Å². The summed E-state index contributed by atoms with van der Waals surface area (Å²) in [7, 11) is 0. The molecule has 0 radical (unpaired) electrons. The molecule has 146 valence electrons. The van der Waals surface area contributed by atoms with Crippen LogP contribution in [0, 0.1) is 5.92 Å². The number of anilines is 1. The number of piperidine rings is 1. The van der Waals surface area contributed by atoms with Crippen LogP contribution in [0.4, 0.5) is 5.69 Å². The predicted octanol–water partition coefficient (Wildman–Crippen LogP) is 4.37. The Labute approximate surface area is 169 Å². The monoisotopic (exact) mass is 398 g/mol. The Morgan fingerprint density at radius 3 is 2.39 bits per heavy atom. The van der Waals surface area contributed by atoms with Crippen LogP contribution in [0.25, 0.3) is 0 Å². The van der Waals surface area contributed by atoms with Crippen LogP contribution in [0.3, 0.4) is 0 Å². The fraction of sp³-hybridized carbons (Fsp3) is 0.364. The van der Waals surface area contributed by atoms with E-state index in [0.717, 1.165) is 38.8 Å². The van der Waals surface area contributed by atoms with Crippen molar-refractivity contribution < 1.29 is 14.3 Å². The molecule has 1 heterocycles. The maximum atomic E-state index is 12.5. The largest absolute Gasteiger partial charge is 0.490 e. The molecule has 4 rings (SSSR count). The third kappa shape index (κ3) is 4.65. The highest BCUT2D eigenvalue weighted by Crippen LogP contribution is 2.32. The zero-order valence-corrected chi connectivity index (χ0v) is 16.3. The number of nitrogens with zero attached hydrogens (tertiary/aromatic N) is 1. The van der Waals surface area contributed by atoms with Gasteiger partial charge in [-0.3, -0.25) is 9.59 Å². The number of nitrogens with one attached hydrogen (secondary N) is 1. The van der Waals surface area contributed by atoms with E-state index in [1.807, 2.05) is 17.0 Å². The van der Waals surface area contributed by atoms with Crippen molar-refractivity contribution in [3.8, 4) is 5.75 Å². The van der Waals surface area contributed by atoms with Gasteiger partial charge in [0.25, 0.3) is 5.91 Å². The van der Waals surface area contributed by atoms with Crippen LogP contribution in [0.2, 0.25) is 5.02 Å². The minimum Gasteiger partial charge on any atom is -0.490 e. The summed E-state index contributed by atoms with van der Waals surface area (Å²) in [6.45, 7) is 1.49. The molecular weight excluding hydrogens is 376 g/mol. The number of rotatable bonds is 5. The first kappa shape index (κ1) is 18.8. The Kier molecular flexibility index (Phi) is 5.53. The molecule has 5 nitrogen and oxygen atoms in total. The Morgan fingerprint density at radius 1 is 1.00 bits per heavy atom. The molecule has 1 aliphatic heterocycles. The van der Waals surface area contributed by atoms with Crippen molar-refractivity contribution in [3.63, 3.8) is 0 Å². The summed E-state index contributed by atoms with van der Waals surface area (Å²) in [5.41, 5.74) is 1.22. The molecule has 1 saturated carbocycles. The topological polar surface area (TPSA) is 58.6 Å². The van der Waals surface area contributed by atoms with Gasteiger partial charge in [0.2, 0.25) is 5.91 Å². The maximum absolute atomic E-state index is 12.5. The number of hydrogen-bond donors (Lipinski definition) is 1. The number of ether oxygens (including phenoxy) is 1.